The van der Waals surface area contributed by atoms with E-state index in [1.54, 1.807) is 4.90 Å². The number of hydrogen-bond donors (Lipinski definition) is 1. The normalized spacial score (nSPS) is 14.5. The maximum atomic E-state index is 14.8. The fraction of sp³-hybridized carbons (Fsp3) is 0.393. The second kappa shape index (κ2) is 10.3. The van der Waals surface area contributed by atoms with Gasteiger partial charge in [-0.3, -0.25) is 4.79 Å². The zero-order valence-electron chi connectivity index (χ0n) is 21.8. The molecule has 1 aliphatic heterocycles. The smallest absolute Gasteiger partial charge is 0.410 e. The van der Waals surface area contributed by atoms with Crippen molar-refractivity contribution in [1.29, 1.82) is 0 Å². The number of aromatic nitrogens is 2. The van der Waals surface area contributed by atoms with Crippen LogP contribution in [0, 0.1) is 25.5 Å². The molecule has 37 heavy (non-hydrogen) atoms. The molecule has 7 nitrogen and oxygen atoms in total. The van der Waals surface area contributed by atoms with Crippen molar-refractivity contribution >= 4 is 17.7 Å². The Balaban J connectivity index is 1.66. The number of amides is 2. The average Bonchev–Trinajstić information content (AvgIpc) is 3.25. The number of aryl methyl sites for hydroxylation is 2. The molecule has 0 spiro atoms. The molecule has 0 unspecified atom stereocenters. The Morgan fingerprint density at radius 3 is 2.41 bits per heavy atom. The number of hydrogen-bond acceptors (Lipinski definition) is 4. The first-order valence-corrected chi connectivity index (χ1v) is 12.3. The highest BCUT2D eigenvalue weighted by atomic mass is 19.1. The molecule has 1 aromatic heterocycles. The topological polar surface area (TPSA) is 76.5 Å². The Morgan fingerprint density at radius 2 is 1.76 bits per heavy atom. The standard InChI is InChI=1S/C28H32F2N4O3/c1-17-6-7-18(2)23(14-17)32-26(35)21-16-31-34(24-9-8-20(29)15-22(24)30)25(21)19-10-12-33(13-11-19)27(36)37-28(3,4)5/h6-9,14-16,19H,10-13H2,1-5H3,(H,32,35). The molecule has 196 valence electrons. The van der Waals surface area contributed by atoms with E-state index in [1.165, 1.54) is 16.9 Å². The molecule has 9 heteroatoms. The molecular weight excluding hydrogens is 478 g/mol. The molecule has 0 aliphatic carbocycles. The minimum atomic E-state index is -0.781. The molecule has 0 saturated carbocycles. The lowest BCUT2D eigenvalue weighted by atomic mass is 9.90. The third-order valence-electron chi connectivity index (χ3n) is 6.36. The Hall–Kier alpha value is -3.75. The van der Waals surface area contributed by atoms with Crippen LogP contribution in [0.4, 0.5) is 19.3 Å². The summed E-state index contributed by atoms with van der Waals surface area (Å²) < 4.78 is 35.3. The summed E-state index contributed by atoms with van der Waals surface area (Å²) in [6.45, 7) is 10.1. The van der Waals surface area contributed by atoms with E-state index in [4.69, 9.17) is 4.74 Å². The van der Waals surface area contributed by atoms with Crippen molar-refractivity contribution < 1.29 is 23.1 Å². The second-order valence-electron chi connectivity index (χ2n) is 10.5. The Bertz CT molecular complexity index is 1320. The van der Waals surface area contributed by atoms with Gasteiger partial charge in [0.05, 0.1) is 17.5 Å². The van der Waals surface area contributed by atoms with Crippen molar-refractivity contribution in [3.05, 3.63) is 76.6 Å². The Kier molecular flexibility index (Phi) is 7.34. The summed E-state index contributed by atoms with van der Waals surface area (Å²) in [5.41, 5.74) is 2.86. The van der Waals surface area contributed by atoms with Crippen molar-refractivity contribution in [2.24, 2.45) is 0 Å². The van der Waals surface area contributed by atoms with Crippen molar-refractivity contribution in [1.82, 2.24) is 14.7 Å². The fourth-order valence-corrected chi connectivity index (χ4v) is 4.49. The maximum absolute atomic E-state index is 14.8. The van der Waals surface area contributed by atoms with E-state index in [-0.39, 0.29) is 17.5 Å². The zero-order valence-corrected chi connectivity index (χ0v) is 21.8. The molecule has 1 fully saturated rings. The molecule has 1 saturated heterocycles. The van der Waals surface area contributed by atoms with Crippen LogP contribution in [0.1, 0.15) is 66.7 Å². The SMILES string of the molecule is Cc1ccc(C)c(NC(=O)c2cnn(-c3ccc(F)cc3F)c2C2CCN(C(=O)OC(C)(C)C)CC2)c1. The van der Waals surface area contributed by atoms with Gasteiger partial charge in [-0.05, 0) is 76.8 Å². The molecule has 4 rings (SSSR count). The number of anilines is 1. The molecule has 0 radical (unpaired) electrons. The van der Waals surface area contributed by atoms with E-state index < -0.39 is 23.3 Å². The zero-order chi connectivity index (χ0) is 26.9. The van der Waals surface area contributed by atoms with Gasteiger partial charge in [0.15, 0.2) is 5.82 Å². The van der Waals surface area contributed by atoms with E-state index in [9.17, 15) is 18.4 Å². The van der Waals surface area contributed by atoms with E-state index in [1.807, 2.05) is 52.8 Å². The fourth-order valence-electron chi connectivity index (χ4n) is 4.49. The van der Waals surface area contributed by atoms with Gasteiger partial charge in [-0.25, -0.2) is 18.3 Å². The molecule has 3 aromatic rings. The monoisotopic (exact) mass is 510 g/mol. The number of nitrogens with one attached hydrogen (secondary N) is 1. The molecular formula is C28H32F2N4O3. The lowest BCUT2D eigenvalue weighted by Crippen LogP contribution is -2.41. The summed E-state index contributed by atoms with van der Waals surface area (Å²) in [5, 5.41) is 7.30. The van der Waals surface area contributed by atoms with Crippen LogP contribution in [0.15, 0.2) is 42.6 Å². The minimum absolute atomic E-state index is 0.0526. The molecule has 1 N–H and O–H groups in total. The number of likely N-dealkylation sites (tertiary alicyclic amines) is 1. The maximum Gasteiger partial charge on any atom is 0.410 e. The summed E-state index contributed by atoms with van der Waals surface area (Å²) in [6, 6.07) is 9.03. The van der Waals surface area contributed by atoms with Crippen LogP contribution in [0.5, 0.6) is 0 Å². The summed E-state index contributed by atoms with van der Waals surface area (Å²) >= 11 is 0. The van der Waals surface area contributed by atoms with E-state index >= 15 is 0 Å². The van der Waals surface area contributed by atoms with Crippen LogP contribution in [-0.4, -0.2) is 45.4 Å². The van der Waals surface area contributed by atoms with E-state index in [0.717, 1.165) is 23.3 Å². The minimum Gasteiger partial charge on any atom is -0.444 e. The number of ether oxygens (including phenoxy) is 1. The first-order valence-electron chi connectivity index (χ1n) is 12.3. The van der Waals surface area contributed by atoms with Crippen LogP contribution in [0.3, 0.4) is 0 Å². The summed E-state index contributed by atoms with van der Waals surface area (Å²) in [6.07, 6.45) is 2.07. The quantitative estimate of drug-likeness (QED) is 0.458. The van der Waals surface area contributed by atoms with Gasteiger partial charge in [0.2, 0.25) is 0 Å². The van der Waals surface area contributed by atoms with Gasteiger partial charge in [0.1, 0.15) is 17.1 Å². The summed E-state index contributed by atoms with van der Waals surface area (Å²) in [7, 11) is 0. The number of piperidine rings is 1. The highest BCUT2D eigenvalue weighted by Crippen LogP contribution is 2.34. The average molecular weight is 511 g/mol. The van der Waals surface area contributed by atoms with Gasteiger partial charge < -0.3 is 15.0 Å². The van der Waals surface area contributed by atoms with E-state index in [2.05, 4.69) is 10.4 Å². The van der Waals surface area contributed by atoms with Crippen LogP contribution < -0.4 is 5.32 Å². The van der Waals surface area contributed by atoms with Crippen molar-refractivity contribution in [2.45, 2.75) is 59.0 Å². The van der Waals surface area contributed by atoms with Crippen molar-refractivity contribution in [3.8, 4) is 5.69 Å². The third kappa shape index (κ3) is 5.98. The predicted molar refractivity (Wildman–Crippen MR) is 137 cm³/mol. The largest absolute Gasteiger partial charge is 0.444 e. The summed E-state index contributed by atoms with van der Waals surface area (Å²) in [5.74, 6) is -2.04. The molecule has 2 aromatic carbocycles. The lowest BCUT2D eigenvalue weighted by Gasteiger charge is -2.34. The van der Waals surface area contributed by atoms with E-state index in [0.29, 0.717) is 42.9 Å². The number of nitrogens with zero attached hydrogens (tertiary/aromatic N) is 3. The van der Waals surface area contributed by atoms with Crippen LogP contribution in [0.2, 0.25) is 0 Å². The van der Waals surface area contributed by atoms with Crippen LogP contribution in [0.25, 0.3) is 5.69 Å². The van der Waals surface area contributed by atoms with Crippen LogP contribution >= 0.6 is 0 Å². The van der Waals surface area contributed by atoms with Crippen molar-refractivity contribution in [2.75, 3.05) is 18.4 Å². The molecule has 0 atom stereocenters. The van der Waals surface area contributed by atoms with Gasteiger partial charge in [0.25, 0.3) is 5.91 Å². The van der Waals surface area contributed by atoms with Gasteiger partial charge in [0, 0.05) is 30.8 Å². The highest BCUT2D eigenvalue weighted by Gasteiger charge is 2.32. The van der Waals surface area contributed by atoms with Gasteiger partial charge in [-0.15, -0.1) is 0 Å². The third-order valence-corrected chi connectivity index (χ3v) is 6.36. The molecule has 1 aliphatic rings. The number of benzene rings is 2. The van der Waals surface area contributed by atoms with Gasteiger partial charge >= 0.3 is 6.09 Å². The molecule has 0 bridgehead atoms. The second-order valence-corrected chi connectivity index (χ2v) is 10.5. The predicted octanol–water partition coefficient (Wildman–Crippen LogP) is 6.13. The number of carbonyl (C=O) groups excluding carboxylic acids is 2. The number of carbonyl (C=O) groups is 2. The van der Waals surface area contributed by atoms with Gasteiger partial charge in [-0.2, -0.15) is 5.10 Å². The first-order chi connectivity index (χ1) is 17.4. The number of rotatable bonds is 4. The highest BCUT2D eigenvalue weighted by molar-refractivity contribution is 6.05. The number of halogens is 2. The van der Waals surface area contributed by atoms with Crippen molar-refractivity contribution in [3.63, 3.8) is 0 Å². The molecule has 2 heterocycles. The van der Waals surface area contributed by atoms with Crippen LogP contribution in [-0.2, 0) is 4.74 Å². The Labute approximate surface area is 215 Å². The molecule has 2 amide bonds. The Morgan fingerprint density at radius 1 is 1.05 bits per heavy atom. The first kappa shape index (κ1) is 26.3. The summed E-state index contributed by atoms with van der Waals surface area (Å²) in [4.78, 5) is 27.6. The lowest BCUT2D eigenvalue weighted by molar-refractivity contribution is 0.0203. The van der Waals surface area contributed by atoms with Gasteiger partial charge in [-0.1, -0.05) is 12.1 Å².